The molecule has 1 fully saturated rings. The molecule has 0 unspecified atom stereocenters. The maximum Gasteiger partial charge on any atom is 0.397 e. The van der Waals surface area contributed by atoms with Crippen molar-refractivity contribution in [1.82, 2.24) is 5.32 Å². The Morgan fingerprint density at radius 3 is 1.21 bits per heavy atom. The minimum Gasteiger partial charge on any atom is -0.490 e. The number of ether oxygens (including phenoxy) is 6. The number of aliphatic hydroxyl groups excluding tert-OH is 2. The third-order valence-corrected chi connectivity index (χ3v) is 14.5. The van der Waals surface area contributed by atoms with Gasteiger partial charge in [0.2, 0.25) is 0 Å². The van der Waals surface area contributed by atoms with E-state index in [2.05, 4.69) is 33.0 Å². The minimum atomic E-state index is -5.27. The van der Waals surface area contributed by atoms with Gasteiger partial charge in [0.25, 0.3) is 5.91 Å². The van der Waals surface area contributed by atoms with E-state index >= 15 is 0 Å². The number of nitrogens with one attached hydrogen (secondary N) is 1. The van der Waals surface area contributed by atoms with Gasteiger partial charge in [-0.15, -0.1) is 0 Å². The van der Waals surface area contributed by atoms with Crippen LogP contribution in [0.2, 0.25) is 0 Å². The van der Waals surface area contributed by atoms with Crippen LogP contribution in [0.1, 0.15) is 254 Å². The molecule has 0 radical (unpaired) electrons. The largest absolute Gasteiger partial charge is 0.490 e. The van der Waals surface area contributed by atoms with Crippen LogP contribution in [0.4, 0.5) is 0 Å². The zero-order valence-electron chi connectivity index (χ0n) is 47.3. The van der Waals surface area contributed by atoms with Crippen molar-refractivity contribution >= 4 is 22.3 Å². The second kappa shape index (κ2) is 41.4. The number of esters is 1. The number of carbonyl (C=O) groups excluding carboxylic acids is 2. The molecule has 2 aromatic carbocycles. The average molecular weight is 1090 g/mol. The standard InChI is InChI=1S/C60H101NO14S/c1-5-9-13-17-21-25-29-33-41-69-50-39-37-48(45-52(50)71-43-35-31-27-23-19-15-11-7-3)58(63)61-55-57(56(75-76(66,67)68)54(47-62)73-60(55)65)74-59(64)49-38-40-51(70-42-34-30-26-22-18-14-10-6-2)53(46-49)72-44-36-32-28-24-20-16-12-8-4/h37-40,45-46,54-57,60,62,65H,5-36,41-44,47H2,1-4H3,(H,61,63)(H,66,67,68)/t54-,55+,56-,57-,60+/m1/s1. The summed E-state index contributed by atoms with van der Waals surface area (Å²) in [7, 11) is -5.27. The van der Waals surface area contributed by atoms with E-state index < -0.39 is 59.5 Å². The normalized spacial score (nSPS) is 17.6. The molecular formula is C60H101NO14S. The summed E-state index contributed by atoms with van der Waals surface area (Å²) >= 11 is 0. The maximum absolute atomic E-state index is 14.2. The molecule has 4 N–H and O–H groups in total. The van der Waals surface area contributed by atoms with Crippen molar-refractivity contribution in [1.29, 1.82) is 0 Å². The molecule has 76 heavy (non-hydrogen) atoms. The van der Waals surface area contributed by atoms with Crippen molar-refractivity contribution in [2.24, 2.45) is 0 Å². The number of unbranched alkanes of at least 4 members (excludes halogenated alkanes) is 28. The third-order valence-electron chi connectivity index (χ3n) is 14.0. The lowest BCUT2D eigenvalue weighted by atomic mass is 9.96. The number of rotatable bonds is 47. The van der Waals surface area contributed by atoms with Gasteiger partial charge < -0.3 is 44.0 Å². The van der Waals surface area contributed by atoms with Gasteiger partial charge in [0.15, 0.2) is 35.4 Å². The van der Waals surface area contributed by atoms with Gasteiger partial charge in [-0.1, -0.05) is 207 Å². The number of hydrogen-bond donors (Lipinski definition) is 4. The minimum absolute atomic E-state index is 0.0107. The first-order valence-electron chi connectivity index (χ1n) is 29.9. The average Bonchev–Trinajstić information content (AvgIpc) is 3.40. The molecule has 1 aliphatic heterocycles. The molecule has 1 aliphatic rings. The first kappa shape index (κ1) is 66.6. The van der Waals surface area contributed by atoms with E-state index in [-0.39, 0.29) is 11.1 Å². The van der Waals surface area contributed by atoms with Crippen LogP contribution in [0.25, 0.3) is 0 Å². The smallest absolute Gasteiger partial charge is 0.397 e. The Labute approximate surface area is 458 Å². The summed E-state index contributed by atoms with van der Waals surface area (Å²) in [5.74, 6) is -0.159. The van der Waals surface area contributed by atoms with Crippen molar-refractivity contribution in [2.45, 2.75) is 264 Å². The lowest BCUT2D eigenvalue weighted by molar-refractivity contribution is -0.247. The highest BCUT2D eigenvalue weighted by atomic mass is 32.3. The lowest BCUT2D eigenvalue weighted by Crippen LogP contribution is -2.66. The van der Waals surface area contributed by atoms with Crippen LogP contribution < -0.4 is 24.3 Å². The molecule has 1 amide bonds. The molecule has 1 heterocycles. The third kappa shape index (κ3) is 28.3. The number of hydrogen-bond acceptors (Lipinski definition) is 13. The Morgan fingerprint density at radius 1 is 0.500 bits per heavy atom. The second-order valence-electron chi connectivity index (χ2n) is 20.7. The Balaban J connectivity index is 1.84. The summed E-state index contributed by atoms with van der Waals surface area (Å²) in [6.07, 6.45) is 28.9. The molecule has 5 atom stereocenters. The number of amides is 1. The number of carbonyl (C=O) groups is 2. The van der Waals surface area contributed by atoms with E-state index in [1.54, 1.807) is 12.1 Å². The molecule has 3 rings (SSSR count). The van der Waals surface area contributed by atoms with Crippen LogP contribution in [0.15, 0.2) is 36.4 Å². The van der Waals surface area contributed by atoms with Crippen LogP contribution in [0.3, 0.4) is 0 Å². The quantitative estimate of drug-likeness (QED) is 0.0277. The molecule has 0 saturated carbocycles. The second-order valence-corrected chi connectivity index (χ2v) is 21.8. The molecule has 436 valence electrons. The summed E-state index contributed by atoms with van der Waals surface area (Å²) in [5.41, 5.74) is 0.0865. The van der Waals surface area contributed by atoms with Crippen LogP contribution in [0.5, 0.6) is 23.0 Å². The highest BCUT2D eigenvalue weighted by molar-refractivity contribution is 7.80. The monoisotopic (exact) mass is 1090 g/mol. The Hall–Kier alpha value is -3.67. The first-order chi connectivity index (χ1) is 37.0. The molecule has 1 saturated heterocycles. The molecule has 0 aromatic heterocycles. The van der Waals surface area contributed by atoms with Gasteiger partial charge in [-0.2, -0.15) is 8.42 Å². The van der Waals surface area contributed by atoms with Gasteiger partial charge in [-0.05, 0) is 62.1 Å². The van der Waals surface area contributed by atoms with Gasteiger partial charge in [-0.3, -0.25) is 9.35 Å². The van der Waals surface area contributed by atoms with E-state index in [1.807, 2.05) is 0 Å². The van der Waals surface area contributed by atoms with Gasteiger partial charge in [0.05, 0.1) is 38.6 Å². The van der Waals surface area contributed by atoms with E-state index in [0.717, 1.165) is 83.5 Å². The zero-order chi connectivity index (χ0) is 55.1. The molecule has 0 bridgehead atoms. The van der Waals surface area contributed by atoms with E-state index in [0.29, 0.717) is 49.4 Å². The van der Waals surface area contributed by atoms with Crippen LogP contribution >= 0.6 is 0 Å². The van der Waals surface area contributed by atoms with Crippen LogP contribution in [-0.2, 0) is 24.1 Å². The summed E-state index contributed by atoms with van der Waals surface area (Å²) in [6, 6.07) is 7.63. The Morgan fingerprint density at radius 2 is 0.842 bits per heavy atom. The highest BCUT2D eigenvalue weighted by Crippen LogP contribution is 2.33. The topological polar surface area (TPSA) is 206 Å². The molecule has 16 heteroatoms. The SMILES string of the molecule is CCCCCCCCCCOc1ccc(C(=O)N[C@H]2[C@@H](OC(=O)c3ccc(OCCCCCCCCCC)c(OCCCCCCCCCC)c3)[C@H](OS(=O)(=O)O)[C@@H](CO)O[C@@H]2O)cc1OCCCCCCCCCC. The van der Waals surface area contributed by atoms with Gasteiger partial charge >= 0.3 is 16.4 Å². The molecular weight excluding hydrogens is 991 g/mol. The number of aliphatic hydroxyl groups is 2. The molecule has 0 spiro atoms. The molecule has 2 aromatic rings. The van der Waals surface area contributed by atoms with E-state index in [4.69, 9.17) is 32.6 Å². The summed E-state index contributed by atoms with van der Waals surface area (Å²) in [4.78, 5) is 28.4. The van der Waals surface area contributed by atoms with Gasteiger partial charge in [0.1, 0.15) is 18.2 Å². The lowest BCUT2D eigenvalue weighted by Gasteiger charge is -2.43. The van der Waals surface area contributed by atoms with Gasteiger partial charge in [-0.25, -0.2) is 8.98 Å². The number of benzene rings is 2. The van der Waals surface area contributed by atoms with Crippen molar-refractivity contribution in [3.05, 3.63) is 47.5 Å². The first-order valence-corrected chi connectivity index (χ1v) is 31.2. The maximum atomic E-state index is 14.2. The molecule has 0 aliphatic carbocycles. The zero-order valence-corrected chi connectivity index (χ0v) is 48.1. The Bertz CT molecular complexity index is 1930. The van der Waals surface area contributed by atoms with E-state index in [9.17, 15) is 32.8 Å². The van der Waals surface area contributed by atoms with Crippen molar-refractivity contribution in [3.8, 4) is 23.0 Å². The summed E-state index contributed by atoms with van der Waals surface area (Å²) in [6.45, 7) is 9.61. The fourth-order valence-corrected chi connectivity index (χ4v) is 9.98. The fraction of sp³-hybridized carbons (Fsp3) is 0.767. The van der Waals surface area contributed by atoms with Crippen LogP contribution in [0, 0.1) is 0 Å². The fourth-order valence-electron chi connectivity index (χ4n) is 9.46. The molecule has 15 nitrogen and oxygen atoms in total. The van der Waals surface area contributed by atoms with Crippen molar-refractivity contribution in [3.63, 3.8) is 0 Å². The van der Waals surface area contributed by atoms with Gasteiger partial charge in [0, 0.05) is 5.56 Å². The van der Waals surface area contributed by atoms with Crippen molar-refractivity contribution < 1.29 is 65.4 Å². The summed E-state index contributed by atoms with van der Waals surface area (Å²) in [5, 5.41) is 24.3. The van der Waals surface area contributed by atoms with E-state index in [1.165, 1.54) is 146 Å². The highest BCUT2D eigenvalue weighted by Gasteiger charge is 2.51. The van der Waals surface area contributed by atoms with Crippen molar-refractivity contribution in [2.75, 3.05) is 33.0 Å². The Kier molecular flexibility index (Phi) is 36.3. The predicted molar refractivity (Wildman–Crippen MR) is 300 cm³/mol. The predicted octanol–water partition coefficient (Wildman–Crippen LogP) is 14.0. The van der Waals surface area contributed by atoms with Crippen LogP contribution in [-0.4, -0.2) is 98.7 Å². The summed E-state index contributed by atoms with van der Waals surface area (Å²) < 4.78 is 75.9.